The average molecular weight is 278 g/mol. The Balaban J connectivity index is 2.21. The highest BCUT2D eigenvalue weighted by atomic mass is 16.5. The van der Waals surface area contributed by atoms with Crippen molar-refractivity contribution in [2.75, 3.05) is 30.3 Å². The molecule has 1 aliphatic heterocycles. The molecule has 0 saturated carbocycles. The molecule has 1 aromatic rings. The van der Waals surface area contributed by atoms with Gasteiger partial charge in [0.1, 0.15) is 0 Å². The molecular weight excluding hydrogens is 256 g/mol. The molecule has 5 heteroatoms. The van der Waals surface area contributed by atoms with Crippen molar-refractivity contribution in [2.24, 2.45) is 5.92 Å². The van der Waals surface area contributed by atoms with Crippen molar-refractivity contribution in [3.63, 3.8) is 0 Å². The van der Waals surface area contributed by atoms with Crippen molar-refractivity contribution in [1.82, 2.24) is 0 Å². The molecule has 0 radical (unpaired) electrons. The van der Waals surface area contributed by atoms with Crippen molar-refractivity contribution in [2.45, 2.75) is 26.4 Å². The Morgan fingerprint density at radius 2 is 2.30 bits per heavy atom. The minimum Gasteiger partial charge on any atom is -0.462 e. The predicted molar refractivity (Wildman–Crippen MR) is 78.8 cm³/mol. The number of nitrogens with zero attached hydrogens (tertiary/aromatic N) is 1. The van der Waals surface area contributed by atoms with E-state index >= 15 is 0 Å². The number of esters is 1. The fraction of sp³-hybridized carbons (Fsp3) is 0.533. The molecule has 1 fully saturated rings. The molecule has 20 heavy (non-hydrogen) atoms. The van der Waals surface area contributed by atoms with Crippen molar-refractivity contribution in [3.8, 4) is 0 Å². The first-order chi connectivity index (χ1) is 9.52. The first kappa shape index (κ1) is 14.7. The predicted octanol–water partition coefficient (Wildman–Crippen LogP) is 1.65. The van der Waals surface area contributed by atoms with Crippen LogP contribution in [0.4, 0.5) is 11.4 Å². The summed E-state index contributed by atoms with van der Waals surface area (Å²) < 4.78 is 5.01. The lowest BCUT2D eigenvalue weighted by atomic mass is 9.96. The third-order valence-corrected chi connectivity index (χ3v) is 3.76. The Labute approximate surface area is 119 Å². The van der Waals surface area contributed by atoms with Gasteiger partial charge in [0.05, 0.1) is 18.3 Å². The molecule has 1 saturated heterocycles. The highest BCUT2D eigenvalue weighted by Crippen LogP contribution is 2.26. The molecule has 110 valence electrons. The molecule has 2 atom stereocenters. The quantitative estimate of drug-likeness (QED) is 0.649. The molecule has 0 aromatic heterocycles. The third kappa shape index (κ3) is 3.04. The van der Waals surface area contributed by atoms with Gasteiger partial charge in [-0.2, -0.15) is 0 Å². The molecule has 2 rings (SSSR count). The van der Waals surface area contributed by atoms with Gasteiger partial charge in [-0.25, -0.2) is 4.79 Å². The fourth-order valence-corrected chi connectivity index (χ4v) is 2.49. The van der Waals surface area contributed by atoms with E-state index in [1.807, 2.05) is 13.0 Å². The number of carbonyl (C=O) groups is 1. The number of rotatable bonds is 3. The minimum atomic E-state index is -0.392. The Hall–Kier alpha value is -1.75. The highest BCUT2D eigenvalue weighted by Gasteiger charge is 2.25. The topological polar surface area (TPSA) is 75.8 Å². The van der Waals surface area contributed by atoms with Crippen LogP contribution in [0.1, 0.15) is 30.6 Å². The number of piperidine rings is 1. The van der Waals surface area contributed by atoms with Gasteiger partial charge in [-0.3, -0.25) is 0 Å². The number of aliphatic hydroxyl groups excluding tert-OH is 1. The van der Waals surface area contributed by atoms with Crippen LogP contribution in [0.25, 0.3) is 0 Å². The van der Waals surface area contributed by atoms with Gasteiger partial charge in [-0.1, -0.05) is 6.92 Å². The molecular formula is C15H22N2O3. The van der Waals surface area contributed by atoms with Crippen LogP contribution in [-0.2, 0) is 4.74 Å². The monoisotopic (exact) mass is 278 g/mol. The summed E-state index contributed by atoms with van der Waals surface area (Å²) in [6.07, 6.45) is 0.491. The average Bonchev–Trinajstić information content (AvgIpc) is 2.42. The second kappa shape index (κ2) is 6.13. The maximum atomic E-state index is 11.9. The summed E-state index contributed by atoms with van der Waals surface area (Å²) in [5.41, 5.74) is 7.62. The maximum absolute atomic E-state index is 11.9. The Morgan fingerprint density at radius 1 is 1.55 bits per heavy atom. The van der Waals surface area contributed by atoms with Gasteiger partial charge in [-0.15, -0.1) is 0 Å². The van der Waals surface area contributed by atoms with E-state index in [1.54, 1.807) is 19.1 Å². The van der Waals surface area contributed by atoms with Crippen molar-refractivity contribution >= 4 is 17.3 Å². The summed E-state index contributed by atoms with van der Waals surface area (Å²) in [5, 5.41) is 9.78. The standard InChI is InChI=1S/C15H22N2O3/c1-3-20-15(19)12-8-11(4-5-13(12)16)17-7-6-14(18)10(2)9-17/h4-5,8,10,14,18H,3,6-7,9,16H2,1-2H3. The molecule has 0 spiro atoms. The van der Waals surface area contributed by atoms with Gasteiger partial charge in [0.15, 0.2) is 0 Å². The van der Waals surface area contributed by atoms with E-state index in [9.17, 15) is 9.90 Å². The van der Waals surface area contributed by atoms with Gasteiger partial charge < -0.3 is 20.5 Å². The van der Waals surface area contributed by atoms with Crippen molar-refractivity contribution in [1.29, 1.82) is 0 Å². The summed E-state index contributed by atoms with van der Waals surface area (Å²) in [7, 11) is 0. The van der Waals surface area contributed by atoms with Crippen molar-refractivity contribution < 1.29 is 14.6 Å². The minimum absolute atomic E-state index is 0.215. The molecule has 0 amide bonds. The Kier molecular flexibility index (Phi) is 4.49. The van der Waals surface area contributed by atoms with Gasteiger partial charge in [0, 0.05) is 24.5 Å². The van der Waals surface area contributed by atoms with Crippen LogP contribution in [0.2, 0.25) is 0 Å². The van der Waals surface area contributed by atoms with E-state index in [-0.39, 0.29) is 12.0 Å². The Morgan fingerprint density at radius 3 is 2.95 bits per heavy atom. The number of aliphatic hydroxyl groups is 1. The lowest BCUT2D eigenvalue weighted by Gasteiger charge is -2.36. The number of carbonyl (C=O) groups excluding carboxylic acids is 1. The summed E-state index contributed by atoms with van der Waals surface area (Å²) >= 11 is 0. The smallest absolute Gasteiger partial charge is 0.340 e. The van der Waals surface area contributed by atoms with Crippen LogP contribution in [0.5, 0.6) is 0 Å². The van der Waals surface area contributed by atoms with Gasteiger partial charge in [0.2, 0.25) is 0 Å². The molecule has 3 N–H and O–H groups in total. The third-order valence-electron chi connectivity index (χ3n) is 3.76. The van der Waals surface area contributed by atoms with Gasteiger partial charge in [-0.05, 0) is 37.5 Å². The van der Waals surface area contributed by atoms with Crippen LogP contribution in [0, 0.1) is 5.92 Å². The number of benzene rings is 1. The van der Waals surface area contributed by atoms with Gasteiger partial charge >= 0.3 is 5.97 Å². The SMILES string of the molecule is CCOC(=O)c1cc(N2CCC(O)C(C)C2)ccc1N. The zero-order chi connectivity index (χ0) is 14.7. The molecule has 1 aromatic carbocycles. The summed E-state index contributed by atoms with van der Waals surface area (Å²) in [4.78, 5) is 14.0. The van der Waals surface area contributed by atoms with Gasteiger partial charge in [0.25, 0.3) is 0 Å². The highest BCUT2D eigenvalue weighted by molar-refractivity contribution is 5.96. The lowest BCUT2D eigenvalue weighted by molar-refractivity contribution is 0.0527. The molecule has 0 aliphatic carbocycles. The number of ether oxygens (including phenoxy) is 1. The zero-order valence-electron chi connectivity index (χ0n) is 12.0. The second-order valence-corrected chi connectivity index (χ2v) is 5.27. The molecule has 0 bridgehead atoms. The molecule has 5 nitrogen and oxygen atoms in total. The fourth-order valence-electron chi connectivity index (χ4n) is 2.49. The maximum Gasteiger partial charge on any atom is 0.340 e. The normalized spacial score (nSPS) is 22.6. The lowest BCUT2D eigenvalue weighted by Crippen LogP contribution is -2.42. The Bertz CT molecular complexity index is 490. The van der Waals surface area contributed by atoms with E-state index in [4.69, 9.17) is 10.5 Å². The second-order valence-electron chi connectivity index (χ2n) is 5.27. The largest absolute Gasteiger partial charge is 0.462 e. The first-order valence-electron chi connectivity index (χ1n) is 7.02. The number of hydrogen-bond acceptors (Lipinski definition) is 5. The van der Waals surface area contributed by atoms with E-state index < -0.39 is 5.97 Å². The number of hydrogen-bond donors (Lipinski definition) is 2. The van der Waals surface area contributed by atoms with E-state index in [2.05, 4.69) is 4.90 Å². The molecule has 1 heterocycles. The van der Waals surface area contributed by atoms with E-state index in [0.29, 0.717) is 17.9 Å². The summed E-state index contributed by atoms with van der Waals surface area (Å²) in [5.74, 6) is -0.177. The van der Waals surface area contributed by atoms with E-state index in [1.165, 1.54) is 0 Å². The van der Waals surface area contributed by atoms with Crippen LogP contribution in [0.3, 0.4) is 0 Å². The first-order valence-corrected chi connectivity index (χ1v) is 7.02. The number of nitrogen functional groups attached to an aromatic ring is 1. The number of nitrogens with two attached hydrogens (primary N) is 1. The van der Waals surface area contributed by atoms with Crippen molar-refractivity contribution in [3.05, 3.63) is 23.8 Å². The summed E-state index contributed by atoms with van der Waals surface area (Å²) in [6.45, 7) is 5.67. The molecule has 2 unspecified atom stereocenters. The number of anilines is 2. The zero-order valence-corrected chi connectivity index (χ0v) is 12.0. The summed E-state index contributed by atoms with van der Waals surface area (Å²) in [6, 6.07) is 5.41. The van der Waals surface area contributed by atoms with E-state index in [0.717, 1.165) is 25.2 Å². The molecule has 1 aliphatic rings. The van der Waals surface area contributed by atoms with Crippen LogP contribution >= 0.6 is 0 Å². The van der Waals surface area contributed by atoms with Crippen LogP contribution in [0.15, 0.2) is 18.2 Å². The van der Waals surface area contributed by atoms with Crippen LogP contribution < -0.4 is 10.6 Å². The van der Waals surface area contributed by atoms with Crippen LogP contribution in [-0.4, -0.2) is 36.9 Å².